The molecule has 0 bridgehead atoms. The summed E-state index contributed by atoms with van der Waals surface area (Å²) in [5, 5.41) is 45.2. The van der Waals surface area contributed by atoms with Crippen LogP contribution in [0.4, 0.5) is 0 Å². The van der Waals surface area contributed by atoms with Crippen molar-refractivity contribution in [3.05, 3.63) is 86.4 Å². The summed E-state index contributed by atoms with van der Waals surface area (Å²) in [6.07, 6.45) is 12.0. The maximum atomic E-state index is 14.0. The number of carbonyl (C=O) groups excluding carboxylic acids is 3. The van der Waals surface area contributed by atoms with E-state index in [2.05, 4.69) is 41.9 Å². The predicted octanol–water partition coefficient (Wildman–Crippen LogP) is 5.24. The van der Waals surface area contributed by atoms with Gasteiger partial charge in [-0.05, 0) is 117 Å². The molecule has 0 radical (unpaired) electrons. The lowest BCUT2D eigenvalue weighted by molar-refractivity contribution is -0.148. The maximum Gasteiger partial charge on any atom is 0.255 e. The maximum absolute atomic E-state index is 14.0. The Hall–Kier alpha value is -4.83. The number of likely N-dealkylation sites (N-methyl/N-ethyl adjacent to an activating group) is 1. The minimum atomic E-state index is -2.67. The summed E-state index contributed by atoms with van der Waals surface area (Å²) in [6.45, 7) is 0. The zero-order chi connectivity index (χ0) is 38.1. The monoisotopic (exact) mass is 728 g/mol. The molecular formula is C45H48N2O7. The Labute approximate surface area is 316 Å². The van der Waals surface area contributed by atoms with Crippen molar-refractivity contribution in [1.82, 2.24) is 4.90 Å². The molecule has 0 spiro atoms. The van der Waals surface area contributed by atoms with Gasteiger partial charge in [0.15, 0.2) is 11.4 Å². The highest BCUT2D eigenvalue weighted by Crippen LogP contribution is 2.53. The number of primary amides is 1. The average Bonchev–Trinajstić information content (AvgIpc) is 3.13. The van der Waals surface area contributed by atoms with Crippen LogP contribution in [-0.2, 0) is 28.9 Å². The van der Waals surface area contributed by atoms with Crippen molar-refractivity contribution in [1.29, 1.82) is 0 Å². The van der Waals surface area contributed by atoms with Crippen LogP contribution in [0.5, 0.6) is 5.75 Å². The summed E-state index contributed by atoms with van der Waals surface area (Å²) in [7, 11) is 3.21. The molecule has 0 aromatic heterocycles. The highest BCUT2D eigenvalue weighted by atomic mass is 16.3. The molecule has 54 heavy (non-hydrogen) atoms. The molecule has 2 aromatic carbocycles. The van der Waals surface area contributed by atoms with E-state index in [1.807, 2.05) is 0 Å². The van der Waals surface area contributed by atoms with E-state index in [0.717, 1.165) is 35.7 Å². The molecule has 2 fully saturated rings. The number of rotatable bonds is 3. The van der Waals surface area contributed by atoms with Gasteiger partial charge in [-0.25, -0.2) is 0 Å². The van der Waals surface area contributed by atoms with Gasteiger partial charge in [0.2, 0.25) is 5.78 Å². The molecule has 8 rings (SSSR count). The van der Waals surface area contributed by atoms with E-state index in [9.17, 15) is 34.8 Å². The number of nitrogens with zero attached hydrogens (tertiary/aromatic N) is 1. The molecule has 280 valence electrons. The van der Waals surface area contributed by atoms with Crippen LogP contribution in [0.3, 0.4) is 0 Å². The number of phenolic OH excluding ortho intramolecular Hbond substituents is 1. The van der Waals surface area contributed by atoms with Crippen molar-refractivity contribution in [2.24, 2.45) is 41.2 Å². The number of Topliss-reactive ketones (excluding diaryl/α,β-unsaturated/α-hetero) is 2. The number of aliphatic hydroxyl groups is 3. The van der Waals surface area contributed by atoms with Gasteiger partial charge in [0.25, 0.3) is 5.91 Å². The number of amides is 1. The molecule has 4 unspecified atom stereocenters. The Kier molecular flexibility index (Phi) is 9.23. The number of hydrogen-bond donors (Lipinski definition) is 5. The summed E-state index contributed by atoms with van der Waals surface area (Å²) in [4.78, 5) is 41.3. The first-order valence-corrected chi connectivity index (χ1v) is 19.5. The summed E-state index contributed by atoms with van der Waals surface area (Å²) < 4.78 is 0. The van der Waals surface area contributed by atoms with E-state index in [0.29, 0.717) is 24.0 Å². The van der Waals surface area contributed by atoms with E-state index in [4.69, 9.17) is 5.73 Å². The van der Waals surface area contributed by atoms with Crippen LogP contribution < -0.4 is 5.73 Å². The lowest BCUT2D eigenvalue weighted by Gasteiger charge is -2.50. The van der Waals surface area contributed by atoms with Crippen molar-refractivity contribution in [2.45, 2.75) is 88.7 Å². The Morgan fingerprint density at radius 2 is 1.50 bits per heavy atom. The van der Waals surface area contributed by atoms with E-state index < -0.39 is 58.0 Å². The fraction of sp³-hybridized carbons (Fsp3) is 0.489. The first kappa shape index (κ1) is 36.2. The van der Waals surface area contributed by atoms with Crippen LogP contribution in [0.2, 0.25) is 0 Å². The number of aliphatic hydroxyl groups excluding tert-OH is 2. The third-order valence-electron chi connectivity index (χ3n) is 13.6. The Morgan fingerprint density at radius 3 is 2.15 bits per heavy atom. The largest absolute Gasteiger partial charge is 0.510 e. The number of hydrogen-bond acceptors (Lipinski definition) is 8. The first-order valence-electron chi connectivity index (χ1n) is 19.5. The third-order valence-corrected chi connectivity index (χ3v) is 13.6. The Morgan fingerprint density at radius 1 is 0.852 bits per heavy atom. The Balaban J connectivity index is 1.01. The number of benzene rings is 2. The van der Waals surface area contributed by atoms with Crippen LogP contribution in [-0.4, -0.2) is 68.5 Å². The molecule has 8 atom stereocenters. The topological polar surface area (TPSA) is 161 Å². The minimum absolute atomic E-state index is 0.0234. The van der Waals surface area contributed by atoms with Crippen LogP contribution in [0.25, 0.3) is 0 Å². The quantitative estimate of drug-likeness (QED) is 0.163. The van der Waals surface area contributed by atoms with Crippen molar-refractivity contribution < 1.29 is 34.8 Å². The van der Waals surface area contributed by atoms with Crippen molar-refractivity contribution in [3.63, 3.8) is 0 Å². The van der Waals surface area contributed by atoms with Gasteiger partial charge in [0.1, 0.15) is 22.8 Å². The molecule has 2 saturated carbocycles. The summed E-state index contributed by atoms with van der Waals surface area (Å²) in [5.41, 5.74) is 6.80. The summed E-state index contributed by atoms with van der Waals surface area (Å²) in [6, 6.07) is 8.58. The van der Waals surface area contributed by atoms with E-state index in [-0.39, 0.29) is 29.7 Å². The van der Waals surface area contributed by atoms with Gasteiger partial charge in [-0.15, -0.1) is 0 Å². The number of aromatic hydroxyl groups is 1. The first-order chi connectivity index (χ1) is 25.9. The number of unbranched alkanes of at least 4 members (excludes halogenated alkanes) is 1. The van der Waals surface area contributed by atoms with Gasteiger partial charge < -0.3 is 26.2 Å². The lowest BCUT2D eigenvalue weighted by atomic mass is 9.58. The molecule has 9 nitrogen and oxygen atoms in total. The second-order valence-electron chi connectivity index (χ2n) is 16.7. The standard InChI is InChI=1S/C45H48N2O7/c1-47(2)39-34-23-31-22-33-25(16-17-35(48)37(33)40(49)36(31)42(51)45(34,54)43(52)38(41(39)50)44(46)53)11-6-4-3-5-10-24-14-9-15-28-20-29-18-26-12-7-8-13-27(26)19-30(29)21-32(24)28/h9,14-17,26-27,29-31,34,39,48,50-51,54H,3-4,7-8,12-13,18-23H2,1-2H3,(H2,46,53)/t26?,27?,29?,30?,31-,34-,39+,45-/m0/s1. The number of fused-ring (bicyclic) bond motifs is 6. The SMILES string of the molecule is CN(C)[C@H]1C(O)=C(C(N)=O)C(=O)[C@@]2(O)C(O)=C3C(=O)c4c(O)ccc(C#CCCC#Cc5cccc6c5CC5CC7CCCCC7CC5C6)c4C[C@H]3C[C@@H]12. The second kappa shape index (κ2) is 13.8. The molecular weight excluding hydrogens is 681 g/mol. The molecule has 2 aromatic rings. The van der Waals surface area contributed by atoms with Gasteiger partial charge in [-0.3, -0.25) is 19.3 Å². The van der Waals surface area contributed by atoms with Crippen molar-refractivity contribution >= 4 is 17.5 Å². The fourth-order valence-electron chi connectivity index (χ4n) is 11.1. The molecule has 1 amide bonds. The normalized spacial score (nSPS) is 31.1. The number of allylic oxidation sites excluding steroid dienone is 1. The number of ketones is 2. The summed E-state index contributed by atoms with van der Waals surface area (Å²) >= 11 is 0. The summed E-state index contributed by atoms with van der Waals surface area (Å²) in [5.74, 6) is 9.83. The Bertz CT molecular complexity index is 2160. The molecule has 0 aliphatic heterocycles. The van der Waals surface area contributed by atoms with E-state index in [1.165, 1.54) is 67.0 Å². The van der Waals surface area contributed by atoms with Gasteiger partial charge in [0, 0.05) is 35.5 Å². The number of phenols is 1. The van der Waals surface area contributed by atoms with Gasteiger partial charge >= 0.3 is 0 Å². The average molecular weight is 729 g/mol. The highest BCUT2D eigenvalue weighted by Gasteiger charge is 2.63. The van der Waals surface area contributed by atoms with Crippen molar-refractivity contribution in [3.8, 4) is 29.4 Å². The fourth-order valence-corrected chi connectivity index (χ4v) is 11.1. The molecule has 6 aliphatic rings. The van der Waals surface area contributed by atoms with E-state index in [1.54, 1.807) is 20.2 Å². The molecule has 9 heteroatoms. The van der Waals surface area contributed by atoms with E-state index >= 15 is 0 Å². The zero-order valence-corrected chi connectivity index (χ0v) is 31.0. The highest BCUT2D eigenvalue weighted by molar-refractivity contribution is 6.24. The molecule has 6 N–H and O–H groups in total. The van der Waals surface area contributed by atoms with Crippen LogP contribution in [0.15, 0.2) is 53.0 Å². The van der Waals surface area contributed by atoms with Crippen LogP contribution >= 0.6 is 0 Å². The predicted molar refractivity (Wildman–Crippen MR) is 202 cm³/mol. The molecule has 6 aliphatic carbocycles. The number of nitrogens with two attached hydrogens (primary N) is 1. The second-order valence-corrected chi connectivity index (χ2v) is 16.7. The van der Waals surface area contributed by atoms with Crippen LogP contribution in [0.1, 0.15) is 96.0 Å². The smallest absolute Gasteiger partial charge is 0.255 e. The van der Waals surface area contributed by atoms with Crippen LogP contribution in [0, 0.1) is 59.2 Å². The number of carbonyl (C=O) groups is 3. The third kappa shape index (κ3) is 5.76. The lowest BCUT2D eigenvalue weighted by Crippen LogP contribution is -2.63. The molecule has 0 saturated heterocycles. The minimum Gasteiger partial charge on any atom is -0.510 e. The van der Waals surface area contributed by atoms with Crippen molar-refractivity contribution in [2.75, 3.05) is 14.1 Å². The zero-order valence-electron chi connectivity index (χ0n) is 31.0. The van der Waals surface area contributed by atoms with Gasteiger partial charge in [0.05, 0.1) is 11.6 Å². The molecule has 0 heterocycles. The van der Waals surface area contributed by atoms with Gasteiger partial charge in [-0.2, -0.15) is 0 Å². The van der Waals surface area contributed by atoms with Gasteiger partial charge in [-0.1, -0.05) is 61.5 Å².